The highest BCUT2D eigenvalue weighted by Gasteiger charge is 2.34. The van der Waals surface area contributed by atoms with E-state index in [4.69, 9.17) is 0 Å². The molecule has 0 saturated heterocycles. The molecule has 0 unspecified atom stereocenters. The van der Waals surface area contributed by atoms with Crippen molar-refractivity contribution < 1.29 is 0 Å². The van der Waals surface area contributed by atoms with E-state index >= 15 is 0 Å². The van der Waals surface area contributed by atoms with Crippen LogP contribution in [-0.2, 0) is 6.42 Å². The highest BCUT2D eigenvalue weighted by atomic mass is 15.6. The van der Waals surface area contributed by atoms with E-state index in [-0.39, 0.29) is 7.43 Å². The number of para-hydroxylation sites is 2. The minimum atomic E-state index is 0. The van der Waals surface area contributed by atoms with Crippen molar-refractivity contribution >= 4 is 29.1 Å². The number of hydrogen-bond acceptors (Lipinski definition) is 6. The predicted molar refractivity (Wildman–Crippen MR) is 141 cm³/mol. The summed E-state index contributed by atoms with van der Waals surface area (Å²) in [4.78, 5) is 4.68. The predicted octanol–water partition coefficient (Wildman–Crippen LogP) is 5.42. The summed E-state index contributed by atoms with van der Waals surface area (Å²) in [5.74, 6) is 2.26. The molecule has 2 atom stereocenters. The molecule has 2 aromatic carbocycles. The van der Waals surface area contributed by atoms with E-state index in [1.165, 1.54) is 39.5 Å². The number of fused-ring (bicyclic) bond motifs is 6. The van der Waals surface area contributed by atoms with Gasteiger partial charge in [0.25, 0.3) is 0 Å². The monoisotopic (exact) mass is 444 g/mol. The largest absolute Gasteiger partial charge is 0.306 e. The zero-order valence-corrected chi connectivity index (χ0v) is 19.9. The first-order valence-corrected chi connectivity index (χ1v) is 11.4. The first kappa shape index (κ1) is 22.9. The van der Waals surface area contributed by atoms with Gasteiger partial charge in [-0.15, -0.1) is 0 Å². The highest BCUT2D eigenvalue weighted by molar-refractivity contribution is 6.13. The number of hydrogen-bond donors (Lipinski definition) is 0. The Hall–Kier alpha value is -3.28. The summed E-state index contributed by atoms with van der Waals surface area (Å²) in [6, 6.07) is 13.0. The van der Waals surface area contributed by atoms with E-state index in [1.54, 1.807) is 0 Å². The molecule has 4 aliphatic heterocycles. The van der Waals surface area contributed by atoms with Gasteiger partial charge in [-0.25, -0.2) is 0 Å². The molecule has 0 radical (unpaired) electrons. The van der Waals surface area contributed by atoms with Crippen molar-refractivity contribution in [3.8, 4) is 0 Å². The minimum Gasteiger partial charge on any atom is -0.306 e. The fraction of sp³-hybridized carbons (Fsp3) is 0.407. The summed E-state index contributed by atoms with van der Waals surface area (Å²) in [5.41, 5.74) is 8.07. The molecule has 0 aliphatic carbocycles. The molecule has 33 heavy (non-hydrogen) atoms. The zero-order valence-electron chi connectivity index (χ0n) is 19.9. The SMILES string of the molecule is C.Cc1cccc2c1N1C(=NN(C)[C@@H]1C)C=C2.Cc1cccc2c1N1C(=NN(C)[C@@H]1C)CC2. The second-order valence-electron chi connectivity index (χ2n) is 9.05. The molecular formula is C27H36N6. The van der Waals surface area contributed by atoms with E-state index in [2.05, 4.69) is 101 Å². The van der Waals surface area contributed by atoms with Gasteiger partial charge in [-0.2, -0.15) is 10.2 Å². The van der Waals surface area contributed by atoms with Gasteiger partial charge in [0.15, 0.2) is 5.84 Å². The van der Waals surface area contributed by atoms with Gasteiger partial charge in [0.1, 0.15) is 18.2 Å². The van der Waals surface area contributed by atoms with Crippen LogP contribution in [0.2, 0.25) is 0 Å². The lowest BCUT2D eigenvalue weighted by Gasteiger charge is -2.33. The fourth-order valence-electron chi connectivity index (χ4n) is 5.07. The molecule has 0 bridgehead atoms. The van der Waals surface area contributed by atoms with E-state index in [0.717, 1.165) is 18.7 Å². The molecule has 0 saturated carbocycles. The van der Waals surface area contributed by atoms with Crippen LogP contribution in [0, 0.1) is 13.8 Å². The van der Waals surface area contributed by atoms with Crippen molar-refractivity contribution in [1.82, 2.24) is 10.0 Å². The Bertz CT molecular complexity index is 1150. The molecule has 6 nitrogen and oxygen atoms in total. The number of hydrazone groups is 2. The summed E-state index contributed by atoms with van der Waals surface area (Å²) < 4.78 is 0. The summed E-state index contributed by atoms with van der Waals surface area (Å²) in [6.45, 7) is 8.72. The van der Waals surface area contributed by atoms with Gasteiger partial charge >= 0.3 is 0 Å². The maximum Gasteiger partial charge on any atom is 0.154 e. The van der Waals surface area contributed by atoms with Crippen molar-refractivity contribution in [3.63, 3.8) is 0 Å². The van der Waals surface area contributed by atoms with Gasteiger partial charge in [-0.3, -0.25) is 10.0 Å². The standard InChI is InChI=1S/C13H17N3.C13H15N3.CH4/c2*1-9-5-4-6-11-7-8-12-14-15(3)10(2)16(12)13(9)11;/h4-6,10H,7-8H2,1-3H3;4-8,10H,1-3H3;1H4/t2*10-;/m00./s1. The first-order valence-electron chi connectivity index (χ1n) is 11.4. The van der Waals surface area contributed by atoms with Crippen molar-refractivity contribution in [2.24, 2.45) is 10.2 Å². The molecule has 6 rings (SSSR count). The molecule has 174 valence electrons. The average Bonchev–Trinajstić information content (AvgIpc) is 3.24. The third-order valence-corrected chi connectivity index (χ3v) is 6.99. The van der Waals surface area contributed by atoms with Crippen LogP contribution >= 0.6 is 0 Å². The molecule has 0 amide bonds. The number of nitrogens with zero attached hydrogens (tertiary/aromatic N) is 6. The van der Waals surface area contributed by atoms with Crippen molar-refractivity contribution in [1.29, 1.82) is 0 Å². The molecular weight excluding hydrogens is 408 g/mol. The van der Waals surface area contributed by atoms with Gasteiger partial charge in [0.2, 0.25) is 0 Å². The highest BCUT2D eigenvalue weighted by Crippen LogP contribution is 2.36. The number of anilines is 2. The quantitative estimate of drug-likeness (QED) is 0.544. The molecule has 2 aromatic rings. The maximum absolute atomic E-state index is 4.61. The van der Waals surface area contributed by atoms with Crippen molar-refractivity contribution in [3.05, 3.63) is 64.7 Å². The summed E-state index contributed by atoms with van der Waals surface area (Å²) >= 11 is 0. The third-order valence-electron chi connectivity index (χ3n) is 6.99. The van der Waals surface area contributed by atoms with Crippen LogP contribution in [-0.4, -0.2) is 48.1 Å². The van der Waals surface area contributed by atoms with E-state index in [1.807, 2.05) is 19.1 Å². The average molecular weight is 445 g/mol. The topological polar surface area (TPSA) is 37.7 Å². The Balaban J connectivity index is 0.000000152. The minimum absolute atomic E-state index is 0. The van der Waals surface area contributed by atoms with Gasteiger partial charge in [-0.1, -0.05) is 43.8 Å². The van der Waals surface area contributed by atoms with Crippen LogP contribution in [0.4, 0.5) is 11.4 Å². The second-order valence-corrected chi connectivity index (χ2v) is 9.05. The smallest absolute Gasteiger partial charge is 0.154 e. The third kappa shape index (κ3) is 3.67. The van der Waals surface area contributed by atoms with Crippen molar-refractivity contribution in [2.45, 2.75) is 60.3 Å². The van der Waals surface area contributed by atoms with Crippen molar-refractivity contribution in [2.75, 3.05) is 23.9 Å². The van der Waals surface area contributed by atoms with E-state index in [0.29, 0.717) is 12.3 Å². The lowest BCUT2D eigenvalue weighted by atomic mass is 9.97. The summed E-state index contributed by atoms with van der Waals surface area (Å²) in [5, 5.41) is 13.2. The van der Waals surface area contributed by atoms with Crippen LogP contribution in [0.25, 0.3) is 6.08 Å². The number of rotatable bonds is 0. The summed E-state index contributed by atoms with van der Waals surface area (Å²) in [6.07, 6.45) is 7.04. The lowest BCUT2D eigenvalue weighted by molar-refractivity contribution is 0.304. The van der Waals surface area contributed by atoms with E-state index in [9.17, 15) is 0 Å². The molecule has 4 heterocycles. The Morgan fingerprint density at radius 3 is 2.15 bits per heavy atom. The first-order chi connectivity index (χ1) is 15.4. The zero-order chi connectivity index (χ0) is 22.6. The molecule has 6 heteroatoms. The van der Waals surface area contributed by atoms with Crippen LogP contribution in [0.5, 0.6) is 0 Å². The second kappa shape index (κ2) is 8.58. The maximum atomic E-state index is 4.61. The summed E-state index contributed by atoms with van der Waals surface area (Å²) in [7, 11) is 4.07. The van der Waals surface area contributed by atoms with Gasteiger partial charge in [0.05, 0.1) is 11.4 Å². The number of amidine groups is 2. The van der Waals surface area contributed by atoms with Gasteiger partial charge in [0, 0.05) is 20.5 Å². The van der Waals surface area contributed by atoms with Crippen LogP contribution in [0.3, 0.4) is 0 Å². The Kier molecular flexibility index (Phi) is 5.95. The number of benzene rings is 2. The van der Waals surface area contributed by atoms with Crippen LogP contribution in [0.15, 0.2) is 52.7 Å². The molecule has 0 aromatic heterocycles. The van der Waals surface area contributed by atoms with E-state index < -0.39 is 0 Å². The Labute approximate surface area is 198 Å². The Morgan fingerprint density at radius 2 is 1.39 bits per heavy atom. The molecule has 0 N–H and O–H groups in total. The normalized spacial score (nSPS) is 21.8. The Morgan fingerprint density at radius 1 is 0.758 bits per heavy atom. The number of aryl methyl sites for hydroxylation is 3. The fourth-order valence-corrected chi connectivity index (χ4v) is 5.07. The lowest BCUT2D eigenvalue weighted by Crippen LogP contribution is -2.41. The van der Waals surface area contributed by atoms with Gasteiger partial charge < -0.3 is 9.80 Å². The van der Waals surface area contributed by atoms with Crippen LogP contribution in [0.1, 0.15) is 49.9 Å². The van der Waals surface area contributed by atoms with Crippen LogP contribution < -0.4 is 9.80 Å². The molecule has 0 fully saturated rings. The molecule has 4 aliphatic rings. The van der Waals surface area contributed by atoms with Gasteiger partial charge in [-0.05, 0) is 68.5 Å². The molecule has 0 spiro atoms.